The number of nitrogens with zero attached hydrogens (tertiary/aromatic N) is 3. The van der Waals surface area contributed by atoms with Crippen LogP contribution in [0, 0.1) is 0 Å². The van der Waals surface area contributed by atoms with E-state index >= 15 is 0 Å². The molecule has 0 unspecified atom stereocenters. The van der Waals surface area contributed by atoms with Gasteiger partial charge in [-0.25, -0.2) is 4.98 Å². The molecule has 5 nitrogen and oxygen atoms in total. The van der Waals surface area contributed by atoms with Crippen LogP contribution < -0.4 is 5.56 Å². The highest BCUT2D eigenvalue weighted by molar-refractivity contribution is 6.03. The Morgan fingerprint density at radius 1 is 0.806 bits per heavy atom. The summed E-state index contributed by atoms with van der Waals surface area (Å²) in [5.41, 5.74) is 1.75. The molecule has 36 heavy (non-hydrogen) atoms. The van der Waals surface area contributed by atoms with Crippen LogP contribution in [0.5, 0.6) is 0 Å². The molecule has 1 aromatic heterocycles. The van der Waals surface area contributed by atoms with Crippen molar-refractivity contribution in [2.24, 2.45) is 0 Å². The van der Waals surface area contributed by atoms with Gasteiger partial charge in [0, 0.05) is 19.4 Å². The lowest BCUT2D eigenvalue weighted by Crippen LogP contribution is -2.34. The van der Waals surface area contributed by atoms with E-state index in [9.17, 15) is 9.59 Å². The van der Waals surface area contributed by atoms with Crippen molar-refractivity contribution < 1.29 is 4.79 Å². The van der Waals surface area contributed by atoms with Crippen molar-refractivity contribution in [2.45, 2.75) is 136 Å². The predicted octanol–water partition coefficient (Wildman–Crippen LogP) is 7.60. The quantitative estimate of drug-likeness (QED) is 0.173. The number of fused-ring (bicyclic) bond motifs is 1. The summed E-state index contributed by atoms with van der Waals surface area (Å²) >= 11 is 0. The lowest BCUT2D eigenvalue weighted by molar-refractivity contribution is 0.0991. The molecule has 2 rings (SSSR count). The van der Waals surface area contributed by atoms with Crippen LogP contribution in [0.25, 0.3) is 5.57 Å². The first-order valence-electron chi connectivity index (χ1n) is 14.9. The van der Waals surface area contributed by atoms with E-state index in [0.29, 0.717) is 24.2 Å². The highest BCUT2D eigenvalue weighted by Gasteiger charge is 2.25. The summed E-state index contributed by atoms with van der Waals surface area (Å²) in [6.07, 6.45) is 24.0. The molecule has 0 saturated heterocycles. The molecule has 204 valence electrons. The molecule has 0 amide bonds. The SMILES string of the molecule is CCCCCCCCCCCCCCCCCc1nc2c(c(=O)n1CCCN(C)C)C(=O)CC=C2C. The van der Waals surface area contributed by atoms with Gasteiger partial charge in [0.1, 0.15) is 11.4 Å². The van der Waals surface area contributed by atoms with Gasteiger partial charge in [-0.3, -0.25) is 14.2 Å². The maximum absolute atomic E-state index is 13.3. The van der Waals surface area contributed by atoms with Gasteiger partial charge in [-0.1, -0.05) is 103 Å². The fraction of sp³-hybridized carbons (Fsp3) is 0.774. The van der Waals surface area contributed by atoms with Gasteiger partial charge >= 0.3 is 0 Å². The van der Waals surface area contributed by atoms with E-state index < -0.39 is 0 Å². The van der Waals surface area contributed by atoms with Gasteiger partial charge in [-0.15, -0.1) is 0 Å². The third kappa shape index (κ3) is 10.7. The van der Waals surface area contributed by atoms with Crippen LogP contribution in [-0.4, -0.2) is 40.9 Å². The van der Waals surface area contributed by atoms with Crippen molar-refractivity contribution in [1.29, 1.82) is 0 Å². The second-order valence-electron chi connectivity index (χ2n) is 11.1. The van der Waals surface area contributed by atoms with E-state index in [1.807, 2.05) is 27.1 Å². The number of hydrogen-bond donors (Lipinski definition) is 0. The van der Waals surface area contributed by atoms with E-state index in [1.54, 1.807) is 4.57 Å². The summed E-state index contributed by atoms with van der Waals surface area (Å²) in [4.78, 5) is 32.8. The van der Waals surface area contributed by atoms with Crippen molar-refractivity contribution in [3.05, 3.63) is 33.5 Å². The summed E-state index contributed by atoms with van der Waals surface area (Å²) < 4.78 is 1.79. The molecule has 1 aromatic rings. The minimum absolute atomic E-state index is 0.0898. The fourth-order valence-corrected chi connectivity index (χ4v) is 5.20. The second kappa shape index (κ2) is 17.7. The number of carbonyl (C=O) groups excluding carboxylic acids is 1. The fourth-order valence-electron chi connectivity index (χ4n) is 5.20. The van der Waals surface area contributed by atoms with Crippen LogP contribution in [0.1, 0.15) is 145 Å². The Kier molecular flexibility index (Phi) is 15.0. The van der Waals surface area contributed by atoms with Crippen LogP contribution >= 0.6 is 0 Å². The molecule has 0 aromatic carbocycles. The lowest BCUT2D eigenvalue weighted by atomic mass is 9.96. The Balaban J connectivity index is 1.72. The number of ketones is 1. The largest absolute Gasteiger partial charge is 0.309 e. The van der Waals surface area contributed by atoms with Crippen LogP contribution in [0.3, 0.4) is 0 Å². The van der Waals surface area contributed by atoms with Crippen molar-refractivity contribution in [3.8, 4) is 0 Å². The number of aryl methyl sites for hydroxylation is 1. The molecule has 0 aliphatic heterocycles. The van der Waals surface area contributed by atoms with E-state index in [2.05, 4.69) is 11.8 Å². The smallest absolute Gasteiger partial charge is 0.265 e. The van der Waals surface area contributed by atoms with E-state index in [0.717, 1.165) is 37.2 Å². The molecule has 1 heterocycles. The maximum atomic E-state index is 13.3. The number of rotatable bonds is 20. The highest BCUT2D eigenvalue weighted by Crippen LogP contribution is 2.23. The van der Waals surface area contributed by atoms with Gasteiger partial charge in [0.15, 0.2) is 5.78 Å². The van der Waals surface area contributed by atoms with Crippen LogP contribution in [0.4, 0.5) is 0 Å². The monoisotopic (exact) mass is 499 g/mol. The topological polar surface area (TPSA) is 55.2 Å². The summed E-state index contributed by atoms with van der Waals surface area (Å²) in [5.74, 6) is 0.766. The zero-order valence-corrected chi connectivity index (χ0v) is 23.9. The molecule has 0 N–H and O–H groups in total. The molecule has 5 heteroatoms. The first kappa shape index (κ1) is 30.5. The number of allylic oxidation sites excluding steroid dienone is 2. The zero-order chi connectivity index (χ0) is 26.2. The summed E-state index contributed by atoms with van der Waals surface area (Å²) in [5, 5.41) is 0. The van der Waals surface area contributed by atoms with Crippen molar-refractivity contribution in [3.63, 3.8) is 0 Å². The Labute approximate surface area is 220 Å². The van der Waals surface area contributed by atoms with Crippen molar-refractivity contribution >= 4 is 11.4 Å². The van der Waals surface area contributed by atoms with Gasteiger partial charge in [0.05, 0.1) is 5.69 Å². The Morgan fingerprint density at radius 2 is 1.33 bits per heavy atom. The molecular weight excluding hydrogens is 446 g/mol. The van der Waals surface area contributed by atoms with E-state index in [4.69, 9.17) is 4.98 Å². The molecule has 0 saturated carbocycles. The first-order chi connectivity index (χ1) is 17.5. The number of aromatic nitrogens is 2. The van der Waals surface area contributed by atoms with E-state index in [-0.39, 0.29) is 11.3 Å². The number of hydrogen-bond acceptors (Lipinski definition) is 4. The zero-order valence-electron chi connectivity index (χ0n) is 23.9. The summed E-state index contributed by atoms with van der Waals surface area (Å²) in [6, 6.07) is 0. The normalized spacial score (nSPS) is 13.4. The van der Waals surface area contributed by atoms with Crippen LogP contribution in [0.15, 0.2) is 10.9 Å². The van der Waals surface area contributed by atoms with Gasteiger partial charge in [-0.05, 0) is 46.0 Å². The van der Waals surface area contributed by atoms with Crippen LogP contribution in [-0.2, 0) is 13.0 Å². The highest BCUT2D eigenvalue weighted by atomic mass is 16.1. The third-order valence-corrected chi connectivity index (χ3v) is 7.49. The second-order valence-corrected chi connectivity index (χ2v) is 11.1. The minimum atomic E-state index is -0.132. The van der Waals surface area contributed by atoms with E-state index in [1.165, 1.54) is 89.9 Å². The number of Topliss-reactive ketones (excluding diaryl/α,β-unsaturated/α-hetero) is 1. The van der Waals surface area contributed by atoms with Gasteiger partial charge in [0.25, 0.3) is 5.56 Å². The average Bonchev–Trinajstić information content (AvgIpc) is 2.85. The summed E-state index contributed by atoms with van der Waals surface area (Å²) in [7, 11) is 4.09. The van der Waals surface area contributed by atoms with Crippen molar-refractivity contribution in [1.82, 2.24) is 14.5 Å². The number of unbranched alkanes of at least 4 members (excludes halogenated alkanes) is 14. The molecule has 0 spiro atoms. The molecule has 1 aliphatic carbocycles. The average molecular weight is 500 g/mol. The molecular formula is C31H53N3O2. The first-order valence-corrected chi connectivity index (χ1v) is 14.9. The standard InChI is InChI=1S/C31H53N3O2/c1-5-6-7-8-9-10-11-12-13-14-15-16-17-18-19-21-28-32-30-26(2)22-23-27(35)29(30)31(36)34(28)25-20-24-33(3)4/h22H,5-21,23-25H2,1-4H3. The Bertz CT molecular complexity index is 869. The van der Waals surface area contributed by atoms with Crippen LogP contribution in [0.2, 0.25) is 0 Å². The maximum Gasteiger partial charge on any atom is 0.265 e. The minimum Gasteiger partial charge on any atom is -0.309 e. The summed E-state index contributed by atoms with van der Waals surface area (Å²) in [6.45, 7) is 5.78. The van der Waals surface area contributed by atoms with Gasteiger partial charge < -0.3 is 4.90 Å². The molecule has 0 fully saturated rings. The molecule has 0 radical (unpaired) electrons. The Hall–Kier alpha value is -1.75. The molecule has 0 bridgehead atoms. The predicted molar refractivity (Wildman–Crippen MR) is 153 cm³/mol. The van der Waals surface area contributed by atoms with Gasteiger partial charge in [-0.2, -0.15) is 0 Å². The molecule has 1 aliphatic rings. The van der Waals surface area contributed by atoms with Crippen molar-refractivity contribution in [2.75, 3.05) is 20.6 Å². The Morgan fingerprint density at radius 3 is 1.86 bits per heavy atom. The molecule has 0 atom stereocenters. The number of carbonyl (C=O) groups is 1. The third-order valence-electron chi connectivity index (χ3n) is 7.49. The lowest BCUT2D eigenvalue weighted by Gasteiger charge is -2.19. The van der Waals surface area contributed by atoms with Gasteiger partial charge in [0.2, 0.25) is 0 Å².